The molecule has 1 heterocycles. The van der Waals surface area contributed by atoms with Crippen molar-refractivity contribution >= 4 is 73.3 Å². The first-order chi connectivity index (χ1) is 29.3. The highest BCUT2D eigenvalue weighted by Gasteiger charge is 2.37. The molecule has 11 nitrogen and oxygen atoms in total. The average molecular weight is 878 g/mol. The molecule has 1 fully saturated rings. The second-order valence-corrected chi connectivity index (χ2v) is 19.7. The molecule has 1 N–H and O–H groups in total. The number of nitrogens with zero attached hydrogens (tertiary/aromatic N) is 3. The molecule has 1 unspecified atom stereocenters. The van der Waals surface area contributed by atoms with Crippen LogP contribution in [0.4, 0.5) is 16.2 Å². The van der Waals surface area contributed by atoms with Gasteiger partial charge in [0.1, 0.15) is 17.2 Å². The van der Waals surface area contributed by atoms with Crippen molar-refractivity contribution in [3.05, 3.63) is 118 Å². The quantitative estimate of drug-likeness (QED) is 0.0650. The molecule has 62 heavy (non-hydrogen) atoms. The number of hydrogen-bond acceptors (Lipinski definition) is 9. The average Bonchev–Trinajstić information content (AvgIpc) is 3.93. The fourth-order valence-corrected chi connectivity index (χ4v) is 8.44. The van der Waals surface area contributed by atoms with E-state index in [1.165, 1.54) is 35.2 Å². The number of halogens is 1. The molecule has 13 heteroatoms. The Kier molecular flexibility index (Phi) is 13.5. The van der Waals surface area contributed by atoms with Crippen molar-refractivity contribution in [3.8, 4) is 6.07 Å². The predicted octanol–water partition coefficient (Wildman–Crippen LogP) is 11.4. The summed E-state index contributed by atoms with van der Waals surface area (Å²) in [5.41, 5.74) is 5.59. The first kappa shape index (κ1) is 45.7. The molecular weight excluding hydrogens is 824 g/mol. The highest BCUT2D eigenvalue weighted by Crippen LogP contribution is 2.40. The van der Waals surface area contributed by atoms with Gasteiger partial charge in [-0.2, -0.15) is 5.26 Å². The Labute approximate surface area is 369 Å². The molecule has 6 rings (SSSR count). The van der Waals surface area contributed by atoms with Gasteiger partial charge in [-0.25, -0.2) is 18.2 Å². The summed E-state index contributed by atoms with van der Waals surface area (Å²) in [6.45, 7) is 14.9. The molecule has 0 bridgehead atoms. The van der Waals surface area contributed by atoms with Gasteiger partial charge in [-0.15, -0.1) is 0 Å². The van der Waals surface area contributed by atoms with Crippen molar-refractivity contribution in [2.45, 2.75) is 115 Å². The topological polar surface area (TPSA) is 160 Å². The van der Waals surface area contributed by atoms with Gasteiger partial charge in [0.25, 0.3) is 5.91 Å². The maximum atomic E-state index is 14.4. The highest BCUT2D eigenvalue weighted by molar-refractivity contribution is 7.90. The van der Waals surface area contributed by atoms with Crippen LogP contribution in [0, 0.1) is 18.3 Å². The van der Waals surface area contributed by atoms with Gasteiger partial charge in [0.15, 0.2) is 15.4 Å². The monoisotopic (exact) mass is 876 g/mol. The molecule has 1 atom stereocenters. The van der Waals surface area contributed by atoms with Crippen molar-refractivity contribution in [1.29, 1.82) is 5.26 Å². The minimum Gasteiger partial charge on any atom is -0.435 e. The van der Waals surface area contributed by atoms with Gasteiger partial charge < -0.3 is 14.5 Å². The van der Waals surface area contributed by atoms with Crippen LogP contribution in [0.15, 0.2) is 88.2 Å². The van der Waals surface area contributed by atoms with E-state index in [9.17, 15) is 28.1 Å². The Morgan fingerprint density at radius 3 is 2.26 bits per heavy atom. The third-order valence-corrected chi connectivity index (χ3v) is 13.6. The number of nitrogens with one attached hydrogen (secondary N) is 1. The van der Waals surface area contributed by atoms with Crippen molar-refractivity contribution < 1.29 is 32.0 Å². The van der Waals surface area contributed by atoms with E-state index in [0.29, 0.717) is 35.2 Å². The van der Waals surface area contributed by atoms with Crippen molar-refractivity contribution in [1.82, 2.24) is 4.98 Å². The first-order valence-electron chi connectivity index (χ1n) is 20.9. The summed E-state index contributed by atoms with van der Waals surface area (Å²) in [6.07, 6.45) is 4.82. The van der Waals surface area contributed by atoms with E-state index >= 15 is 0 Å². The van der Waals surface area contributed by atoms with E-state index in [2.05, 4.69) is 65.1 Å². The van der Waals surface area contributed by atoms with Crippen LogP contribution in [-0.2, 0) is 30.2 Å². The Balaban J connectivity index is 1.34. The molecule has 0 radical (unpaired) electrons. The number of rotatable bonds is 14. The number of amides is 2. The van der Waals surface area contributed by atoms with Crippen LogP contribution in [0.2, 0.25) is 5.02 Å². The molecule has 5 aromatic rings. The number of allylic oxidation sites excluding steroid dienone is 1. The SMILES string of the molecule is CCC(C)(C)c1cc(C(C)(C)CC)c2oc(/C(C#N)=C/c3ccc(N(C(=O)OC(C(=O)Nc4ccc(S(C)(=O)=O)cc4Cl)C(=O)c4ccccc4)C4CCCC4)cc3C)nc2c1. The lowest BCUT2D eigenvalue weighted by atomic mass is 9.76. The number of sulfone groups is 1. The van der Waals surface area contributed by atoms with E-state index in [1.807, 2.05) is 13.0 Å². The maximum Gasteiger partial charge on any atom is 0.415 e. The second kappa shape index (κ2) is 18.3. The van der Waals surface area contributed by atoms with Gasteiger partial charge in [0.05, 0.1) is 15.6 Å². The fraction of sp³-hybridized carbons (Fsp3) is 0.367. The van der Waals surface area contributed by atoms with E-state index < -0.39 is 33.7 Å². The summed E-state index contributed by atoms with van der Waals surface area (Å²) < 4.78 is 36.5. The number of ether oxygens (including phenoxy) is 1. The molecular formula is C49H53ClN4O7S. The lowest BCUT2D eigenvalue weighted by Crippen LogP contribution is -2.46. The molecule has 1 aromatic heterocycles. The molecule has 0 saturated heterocycles. The lowest BCUT2D eigenvalue weighted by Gasteiger charge is -2.30. The van der Waals surface area contributed by atoms with Gasteiger partial charge in [-0.1, -0.05) is 108 Å². The van der Waals surface area contributed by atoms with E-state index in [-0.39, 0.29) is 49.5 Å². The number of anilines is 2. The number of carbonyl (C=O) groups is 3. The number of hydrogen-bond donors (Lipinski definition) is 1. The summed E-state index contributed by atoms with van der Waals surface area (Å²) in [7, 11) is -3.59. The second-order valence-electron chi connectivity index (χ2n) is 17.3. The number of nitriles is 1. The number of Topliss-reactive ketones (excluding diaryl/α,β-unsaturated/α-hetero) is 1. The van der Waals surface area contributed by atoms with Crippen LogP contribution in [0.1, 0.15) is 119 Å². The van der Waals surface area contributed by atoms with Gasteiger partial charge in [-0.3, -0.25) is 14.5 Å². The number of benzene rings is 4. The van der Waals surface area contributed by atoms with Crippen LogP contribution >= 0.6 is 11.6 Å². The molecule has 4 aromatic carbocycles. The van der Waals surface area contributed by atoms with Gasteiger partial charge >= 0.3 is 6.09 Å². The van der Waals surface area contributed by atoms with Gasteiger partial charge in [-0.05, 0) is 103 Å². The zero-order chi connectivity index (χ0) is 45.1. The minimum atomic E-state index is -3.59. The largest absolute Gasteiger partial charge is 0.435 e. The molecule has 324 valence electrons. The Morgan fingerprint density at radius 1 is 0.984 bits per heavy atom. The number of aryl methyl sites for hydroxylation is 1. The third kappa shape index (κ3) is 9.80. The highest BCUT2D eigenvalue weighted by atomic mass is 35.5. The van der Waals surface area contributed by atoms with Crippen molar-refractivity contribution in [2.75, 3.05) is 16.5 Å². The normalized spacial score (nSPS) is 14.4. The summed E-state index contributed by atoms with van der Waals surface area (Å²) in [5.74, 6) is -1.52. The van der Waals surface area contributed by atoms with E-state index in [4.69, 9.17) is 25.7 Å². The van der Waals surface area contributed by atoms with E-state index in [0.717, 1.165) is 48.6 Å². The summed E-state index contributed by atoms with van der Waals surface area (Å²) in [6, 6.07) is 23.4. The minimum absolute atomic E-state index is 0.0305. The van der Waals surface area contributed by atoms with Crippen LogP contribution in [0.5, 0.6) is 0 Å². The standard InChI is InChI=1S/C49H53ClN4O7S/c1-9-48(4,5)34-26-38(49(6,7)10-2)43-41(27-34)53-46(60-43)33(29-51)25-32-20-21-36(24-30(32)3)54(35-18-14-15-19-35)47(57)61-44(42(55)31-16-12-11-13-17-31)45(56)52-40-23-22-37(28-39(40)50)62(8,58)59/h11-13,16-17,20-28,35,44H,9-10,14-15,18-19H2,1-8H3,(H,52,56)/b33-25+. The number of fused-ring (bicyclic) bond motifs is 1. The summed E-state index contributed by atoms with van der Waals surface area (Å²) >= 11 is 6.37. The molecule has 2 amide bonds. The molecule has 0 spiro atoms. The van der Waals surface area contributed by atoms with Gasteiger partial charge in [0.2, 0.25) is 17.8 Å². The molecule has 1 saturated carbocycles. The molecule has 1 aliphatic rings. The van der Waals surface area contributed by atoms with Gasteiger partial charge in [0, 0.05) is 29.1 Å². The summed E-state index contributed by atoms with van der Waals surface area (Å²) in [4.78, 5) is 48.5. The smallest absolute Gasteiger partial charge is 0.415 e. The Morgan fingerprint density at radius 2 is 1.66 bits per heavy atom. The number of aromatic nitrogens is 1. The predicted molar refractivity (Wildman–Crippen MR) is 244 cm³/mol. The number of ketones is 1. The fourth-order valence-electron chi connectivity index (χ4n) is 7.50. The Hall–Kier alpha value is -5.77. The zero-order valence-corrected chi connectivity index (χ0v) is 38.0. The first-order valence-corrected chi connectivity index (χ1v) is 23.1. The molecule has 1 aliphatic carbocycles. The van der Waals surface area contributed by atoms with Crippen LogP contribution in [0.3, 0.4) is 0 Å². The van der Waals surface area contributed by atoms with Crippen LogP contribution in [-0.4, -0.2) is 49.6 Å². The van der Waals surface area contributed by atoms with E-state index in [1.54, 1.807) is 36.4 Å². The molecule has 0 aliphatic heterocycles. The Bertz CT molecular complexity index is 2710. The zero-order valence-electron chi connectivity index (χ0n) is 36.5. The number of oxazole rings is 1. The number of carbonyl (C=O) groups excluding carboxylic acids is 3. The maximum absolute atomic E-state index is 14.4. The van der Waals surface area contributed by atoms with Crippen molar-refractivity contribution in [2.24, 2.45) is 0 Å². The van der Waals surface area contributed by atoms with Crippen LogP contribution in [0.25, 0.3) is 22.7 Å². The lowest BCUT2D eigenvalue weighted by molar-refractivity contribution is -0.122. The van der Waals surface area contributed by atoms with Crippen LogP contribution < -0.4 is 10.2 Å². The summed E-state index contributed by atoms with van der Waals surface area (Å²) in [5, 5.41) is 12.9. The van der Waals surface area contributed by atoms with Crippen molar-refractivity contribution in [3.63, 3.8) is 0 Å². The third-order valence-electron chi connectivity index (χ3n) is 12.2.